The number of aliphatic hydroxyl groups excluding tert-OH is 1. The largest absolute Gasteiger partial charge is 0.513 e. The van der Waals surface area contributed by atoms with Crippen molar-refractivity contribution in [2.45, 2.75) is 27.2 Å². The molecule has 0 heterocycles. The Bertz CT molecular complexity index is 190. The lowest BCUT2D eigenvalue weighted by atomic mass is 10.3. The fraction of sp³-hybridized carbons (Fsp3) is 0.636. The smallest absolute Gasteiger partial charge is 0.0892 e. The highest BCUT2D eigenvalue weighted by Gasteiger charge is 1.97. The van der Waals surface area contributed by atoms with Crippen LogP contribution in [0.1, 0.15) is 27.2 Å². The number of rotatable bonds is 5. The van der Waals surface area contributed by atoms with E-state index in [0.29, 0.717) is 5.76 Å². The molecule has 0 bridgehead atoms. The van der Waals surface area contributed by atoms with Gasteiger partial charge in [-0.1, -0.05) is 11.6 Å². The summed E-state index contributed by atoms with van der Waals surface area (Å²) in [6, 6.07) is 0. The number of hydrogen-bond acceptors (Lipinski definition) is 2. The minimum atomic E-state index is 0.476. The maximum atomic E-state index is 9.20. The van der Waals surface area contributed by atoms with E-state index in [4.69, 9.17) is 0 Å². The van der Waals surface area contributed by atoms with Crippen LogP contribution in [0.2, 0.25) is 0 Å². The summed E-state index contributed by atoms with van der Waals surface area (Å²) in [6.45, 7) is 7.90. The van der Waals surface area contributed by atoms with Crippen LogP contribution in [0.5, 0.6) is 0 Å². The lowest BCUT2D eigenvalue weighted by molar-refractivity contribution is 0.323. The summed E-state index contributed by atoms with van der Waals surface area (Å²) >= 11 is 0. The fourth-order valence-corrected chi connectivity index (χ4v) is 0.879. The first kappa shape index (κ1) is 12.2. The van der Waals surface area contributed by atoms with E-state index in [9.17, 15) is 5.11 Å². The molecule has 0 aliphatic rings. The highest BCUT2D eigenvalue weighted by atomic mass is 16.3. The Balaban J connectivity index is 3.63. The normalized spacial score (nSPS) is 11.9. The van der Waals surface area contributed by atoms with Crippen LogP contribution < -0.4 is 0 Å². The number of allylic oxidation sites excluding steroid dienone is 2. The van der Waals surface area contributed by atoms with E-state index in [-0.39, 0.29) is 0 Å². The van der Waals surface area contributed by atoms with Crippen molar-refractivity contribution in [3.8, 4) is 0 Å². The molecule has 2 heteroatoms. The Kier molecular flexibility index (Phi) is 6.33. The van der Waals surface area contributed by atoms with E-state index in [1.807, 2.05) is 6.92 Å². The molecule has 13 heavy (non-hydrogen) atoms. The first-order valence-electron chi connectivity index (χ1n) is 4.72. The first-order chi connectivity index (χ1) is 6.06. The summed E-state index contributed by atoms with van der Waals surface area (Å²) in [5.74, 6) is 0.476. The summed E-state index contributed by atoms with van der Waals surface area (Å²) in [6.07, 6.45) is 4.67. The van der Waals surface area contributed by atoms with Crippen molar-refractivity contribution >= 4 is 0 Å². The third-order valence-corrected chi connectivity index (χ3v) is 1.89. The molecule has 0 fully saturated rings. The van der Waals surface area contributed by atoms with Gasteiger partial charge in [-0.05, 0) is 33.9 Å². The molecule has 0 aromatic carbocycles. The molecule has 0 saturated heterocycles. The lowest BCUT2D eigenvalue weighted by Gasteiger charge is -2.13. The van der Waals surface area contributed by atoms with Crippen LogP contribution in [-0.4, -0.2) is 30.1 Å². The molecule has 0 amide bonds. The first-order valence-corrected chi connectivity index (χ1v) is 4.72. The average molecular weight is 183 g/mol. The van der Waals surface area contributed by atoms with Gasteiger partial charge in [-0.2, -0.15) is 0 Å². The van der Waals surface area contributed by atoms with Crippen LogP contribution in [0.3, 0.4) is 0 Å². The molecular formula is C11H21NO. The van der Waals surface area contributed by atoms with Crippen molar-refractivity contribution in [3.05, 3.63) is 23.5 Å². The van der Waals surface area contributed by atoms with Crippen LogP contribution in [0.4, 0.5) is 0 Å². The molecule has 1 N–H and O–H groups in total. The zero-order valence-corrected chi connectivity index (χ0v) is 9.17. The fourth-order valence-electron chi connectivity index (χ4n) is 0.879. The molecule has 0 rings (SSSR count). The minimum absolute atomic E-state index is 0.476. The van der Waals surface area contributed by atoms with Crippen molar-refractivity contribution in [2.24, 2.45) is 0 Å². The molecule has 0 unspecified atom stereocenters. The van der Waals surface area contributed by atoms with Crippen LogP contribution in [0.15, 0.2) is 23.5 Å². The molecule has 0 radical (unpaired) electrons. The van der Waals surface area contributed by atoms with Crippen LogP contribution >= 0.6 is 0 Å². The highest BCUT2D eigenvalue weighted by molar-refractivity contribution is 4.95. The van der Waals surface area contributed by atoms with Gasteiger partial charge in [0.2, 0.25) is 0 Å². The number of nitrogens with zero attached hydrogens (tertiary/aromatic N) is 1. The molecule has 0 atom stereocenters. The third-order valence-electron chi connectivity index (χ3n) is 1.89. The number of aliphatic hydroxyl groups is 1. The van der Waals surface area contributed by atoms with Gasteiger partial charge in [-0.3, -0.25) is 0 Å². The Labute approximate surface area is 81.6 Å². The summed E-state index contributed by atoms with van der Waals surface area (Å²) in [7, 11) is 2.06. The van der Waals surface area contributed by atoms with E-state index in [1.165, 1.54) is 5.57 Å². The Morgan fingerprint density at radius 3 is 2.46 bits per heavy atom. The standard InChI is InChI=1S/C11H21NO/c1-5-11(13)7-9-12(4)8-6-10(2)3/h5-6,13H,7-9H2,1-4H3/b11-5-. The van der Waals surface area contributed by atoms with Gasteiger partial charge in [0.1, 0.15) is 0 Å². The van der Waals surface area contributed by atoms with Gasteiger partial charge in [0.25, 0.3) is 0 Å². The number of hydrogen-bond donors (Lipinski definition) is 1. The molecule has 0 saturated carbocycles. The van der Waals surface area contributed by atoms with Crippen molar-refractivity contribution in [1.82, 2.24) is 4.90 Å². The maximum absolute atomic E-state index is 9.20. The van der Waals surface area contributed by atoms with Gasteiger partial charge < -0.3 is 10.0 Å². The zero-order valence-electron chi connectivity index (χ0n) is 9.17. The molecule has 0 aliphatic carbocycles. The molecular weight excluding hydrogens is 162 g/mol. The van der Waals surface area contributed by atoms with Gasteiger partial charge in [-0.15, -0.1) is 0 Å². The van der Waals surface area contributed by atoms with Crippen LogP contribution in [-0.2, 0) is 0 Å². The van der Waals surface area contributed by atoms with Crippen molar-refractivity contribution in [2.75, 3.05) is 20.1 Å². The predicted molar refractivity (Wildman–Crippen MR) is 57.9 cm³/mol. The second kappa shape index (κ2) is 6.72. The Morgan fingerprint density at radius 1 is 1.38 bits per heavy atom. The van der Waals surface area contributed by atoms with E-state index in [2.05, 4.69) is 31.9 Å². The van der Waals surface area contributed by atoms with Crippen LogP contribution in [0.25, 0.3) is 0 Å². The summed E-state index contributed by atoms with van der Waals surface area (Å²) < 4.78 is 0. The van der Waals surface area contributed by atoms with Gasteiger partial charge in [-0.25, -0.2) is 0 Å². The lowest BCUT2D eigenvalue weighted by Crippen LogP contribution is -2.20. The van der Waals surface area contributed by atoms with Crippen LogP contribution in [0, 0.1) is 0 Å². The van der Waals surface area contributed by atoms with Gasteiger partial charge >= 0.3 is 0 Å². The summed E-state index contributed by atoms with van der Waals surface area (Å²) in [5.41, 5.74) is 1.34. The molecule has 0 aliphatic heterocycles. The molecule has 76 valence electrons. The SMILES string of the molecule is C/C=C(\O)CCN(C)CC=C(C)C. The van der Waals surface area contributed by atoms with Gasteiger partial charge in [0, 0.05) is 19.5 Å². The van der Waals surface area contributed by atoms with E-state index in [1.54, 1.807) is 6.08 Å². The third kappa shape index (κ3) is 7.60. The summed E-state index contributed by atoms with van der Waals surface area (Å²) in [5, 5.41) is 9.20. The molecule has 0 spiro atoms. The quantitative estimate of drug-likeness (QED) is 0.523. The van der Waals surface area contributed by atoms with E-state index >= 15 is 0 Å². The molecule has 2 nitrogen and oxygen atoms in total. The molecule has 0 aromatic heterocycles. The monoisotopic (exact) mass is 183 g/mol. The van der Waals surface area contributed by atoms with Crippen molar-refractivity contribution in [3.63, 3.8) is 0 Å². The zero-order chi connectivity index (χ0) is 10.3. The average Bonchev–Trinajstić information content (AvgIpc) is 2.10. The van der Waals surface area contributed by atoms with Crippen molar-refractivity contribution < 1.29 is 5.11 Å². The van der Waals surface area contributed by atoms with Gasteiger partial charge in [0.15, 0.2) is 0 Å². The second-order valence-electron chi connectivity index (χ2n) is 3.57. The Morgan fingerprint density at radius 2 is 2.00 bits per heavy atom. The van der Waals surface area contributed by atoms with Crippen molar-refractivity contribution in [1.29, 1.82) is 0 Å². The highest BCUT2D eigenvalue weighted by Crippen LogP contribution is 1.98. The predicted octanol–water partition coefficient (Wildman–Crippen LogP) is 2.74. The van der Waals surface area contributed by atoms with E-state index < -0.39 is 0 Å². The number of likely N-dealkylation sites (N-methyl/N-ethyl adjacent to an activating group) is 1. The topological polar surface area (TPSA) is 23.5 Å². The summed E-state index contributed by atoms with van der Waals surface area (Å²) in [4.78, 5) is 2.19. The van der Waals surface area contributed by atoms with Gasteiger partial charge in [0.05, 0.1) is 5.76 Å². The second-order valence-corrected chi connectivity index (χ2v) is 3.57. The minimum Gasteiger partial charge on any atom is -0.513 e. The molecule has 0 aromatic rings. The van der Waals surface area contributed by atoms with E-state index in [0.717, 1.165) is 19.5 Å². The Hall–Kier alpha value is -0.760. The maximum Gasteiger partial charge on any atom is 0.0892 e.